The average molecular weight is 691 g/mol. The Morgan fingerprint density at radius 2 is 1.23 bits per heavy atom. The van der Waals surface area contributed by atoms with Crippen molar-refractivity contribution in [3.63, 3.8) is 0 Å². The summed E-state index contributed by atoms with van der Waals surface area (Å²) in [5.41, 5.74) is 1.67. The van der Waals surface area contributed by atoms with Gasteiger partial charge in [0.2, 0.25) is 0 Å². The molecule has 2 aliphatic rings. The first-order valence-electron chi connectivity index (χ1n) is 16.3. The highest BCUT2D eigenvalue weighted by molar-refractivity contribution is 7.99. The normalized spacial score (nSPS) is 27.0. The fourth-order valence-corrected chi connectivity index (χ4v) is 8.53. The molecule has 0 N–H and O–H groups in total. The molecule has 0 amide bonds. The molecule has 0 radical (unpaired) electrons. The molecule has 254 valence electrons. The zero-order chi connectivity index (χ0) is 33.2. The Morgan fingerprint density at radius 1 is 0.708 bits per heavy atom. The lowest BCUT2D eigenvalue weighted by Crippen LogP contribution is -2.60. The number of ether oxygens (including phenoxy) is 4. The van der Waals surface area contributed by atoms with Gasteiger partial charge >= 0.3 is 7.82 Å². The first-order chi connectivity index (χ1) is 23.4. The number of hydrogen-bond donors (Lipinski definition) is 0. The SMILES string of the molecule is CC1(C)CCOP(=O)(OC2C(Sc3ccccc3)OC(COCc3ccccc3)C(OCc3ccccc3)C2OCc2ccccc2)O1. The van der Waals surface area contributed by atoms with Crippen LogP contribution in [-0.4, -0.2) is 48.7 Å². The van der Waals surface area contributed by atoms with E-state index < -0.39 is 43.3 Å². The largest absolute Gasteiger partial charge is 0.475 e. The van der Waals surface area contributed by atoms with Gasteiger partial charge in [0.05, 0.1) is 38.6 Å². The molecule has 0 saturated carbocycles. The Kier molecular flexibility index (Phi) is 12.2. The summed E-state index contributed by atoms with van der Waals surface area (Å²) in [5, 5.41) is 0. The van der Waals surface area contributed by atoms with Gasteiger partial charge in [0, 0.05) is 11.3 Å². The third-order valence-electron chi connectivity index (χ3n) is 8.11. The summed E-state index contributed by atoms with van der Waals surface area (Å²) in [6.07, 6.45) is -2.26. The average Bonchev–Trinajstić information content (AvgIpc) is 3.09. The van der Waals surface area contributed by atoms with Gasteiger partial charge in [-0.3, -0.25) is 13.6 Å². The van der Waals surface area contributed by atoms with Crippen LogP contribution in [0.2, 0.25) is 0 Å². The second-order valence-corrected chi connectivity index (χ2v) is 15.2. The first-order valence-corrected chi connectivity index (χ1v) is 18.6. The number of hydrogen-bond acceptors (Lipinski definition) is 9. The van der Waals surface area contributed by atoms with Crippen LogP contribution >= 0.6 is 19.6 Å². The predicted octanol–water partition coefficient (Wildman–Crippen LogP) is 8.60. The van der Waals surface area contributed by atoms with Gasteiger partial charge in [-0.15, -0.1) is 0 Å². The van der Waals surface area contributed by atoms with Gasteiger partial charge in [-0.1, -0.05) is 121 Å². The van der Waals surface area contributed by atoms with Crippen molar-refractivity contribution < 1.29 is 37.1 Å². The lowest BCUT2D eigenvalue weighted by atomic mass is 9.99. The van der Waals surface area contributed by atoms with E-state index in [0.29, 0.717) is 19.6 Å². The third-order valence-corrected chi connectivity index (χ3v) is 11.0. The minimum atomic E-state index is -4.02. The van der Waals surface area contributed by atoms with Gasteiger partial charge in [0.1, 0.15) is 29.9 Å². The molecule has 4 aromatic rings. The second-order valence-electron chi connectivity index (χ2n) is 12.4. The van der Waals surface area contributed by atoms with Crippen molar-refractivity contribution in [3.8, 4) is 0 Å². The van der Waals surface area contributed by atoms with E-state index in [-0.39, 0.29) is 19.8 Å². The molecule has 6 rings (SSSR count). The van der Waals surface area contributed by atoms with Crippen molar-refractivity contribution >= 4 is 19.6 Å². The first kappa shape index (κ1) is 35.0. The Bertz CT molecular complexity index is 1580. The number of phosphoric ester groups is 1. The monoisotopic (exact) mass is 690 g/mol. The topological polar surface area (TPSA) is 81.7 Å². The van der Waals surface area contributed by atoms with Gasteiger partial charge < -0.3 is 18.9 Å². The summed E-state index contributed by atoms with van der Waals surface area (Å²) >= 11 is 1.46. The van der Waals surface area contributed by atoms with E-state index >= 15 is 0 Å². The maximum atomic E-state index is 14.2. The highest BCUT2D eigenvalue weighted by Gasteiger charge is 2.53. The molecule has 0 bridgehead atoms. The molecule has 6 unspecified atom stereocenters. The highest BCUT2D eigenvalue weighted by Crippen LogP contribution is 2.59. The molecule has 2 heterocycles. The van der Waals surface area contributed by atoms with Gasteiger partial charge in [-0.2, -0.15) is 0 Å². The standard InChI is InChI=1S/C38H43O8PS/c1-38(2)23-24-43-47(39,46-38)45-36-35(42-27-31-19-11-5-12-20-31)34(41-26-30-17-9-4-10-18-30)33(28-40-25-29-15-7-3-8-16-29)44-37(36)48-32-21-13-6-14-22-32/h3-22,33-37H,23-28H2,1-2H3. The van der Waals surface area contributed by atoms with Crippen LogP contribution in [0.15, 0.2) is 126 Å². The molecular formula is C38H43O8PS. The van der Waals surface area contributed by atoms with Crippen molar-refractivity contribution in [2.75, 3.05) is 13.2 Å². The highest BCUT2D eigenvalue weighted by atomic mass is 32.2. The summed E-state index contributed by atoms with van der Waals surface area (Å²) in [4.78, 5) is 0.953. The minimum absolute atomic E-state index is 0.232. The van der Waals surface area contributed by atoms with Crippen molar-refractivity contribution in [1.29, 1.82) is 0 Å². The van der Waals surface area contributed by atoms with Gasteiger partial charge in [0.25, 0.3) is 0 Å². The van der Waals surface area contributed by atoms with E-state index in [1.54, 1.807) is 0 Å². The van der Waals surface area contributed by atoms with Crippen molar-refractivity contribution in [3.05, 3.63) is 138 Å². The zero-order valence-electron chi connectivity index (χ0n) is 27.3. The van der Waals surface area contributed by atoms with E-state index in [0.717, 1.165) is 21.6 Å². The van der Waals surface area contributed by atoms with Crippen LogP contribution < -0.4 is 0 Å². The van der Waals surface area contributed by atoms with Crippen LogP contribution in [-0.2, 0) is 56.9 Å². The fraction of sp³-hybridized carbons (Fsp3) is 0.368. The maximum Gasteiger partial charge on any atom is 0.475 e. The molecule has 2 fully saturated rings. The van der Waals surface area contributed by atoms with Crippen LogP contribution in [0.1, 0.15) is 37.0 Å². The van der Waals surface area contributed by atoms with E-state index in [1.807, 2.05) is 135 Å². The Balaban J connectivity index is 1.35. The molecule has 48 heavy (non-hydrogen) atoms. The van der Waals surface area contributed by atoms with E-state index in [9.17, 15) is 4.57 Å². The van der Waals surface area contributed by atoms with Gasteiger partial charge in [0.15, 0.2) is 0 Å². The molecule has 8 nitrogen and oxygen atoms in total. The molecule has 0 aliphatic carbocycles. The van der Waals surface area contributed by atoms with Crippen LogP contribution in [0.25, 0.3) is 0 Å². The van der Waals surface area contributed by atoms with E-state index in [2.05, 4.69) is 0 Å². The minimum Gasteiger partial charge on any atom is -0.374 e. The molecule has 6 atom stereocenters. The number of benzene rings is 4. The zero-order valence-corrected chi connectivity index (χ0v) is 29.0. The molecule has 2 aliphatic heterocycles. The van der Waals surface area contributed by atoms with Gasteiger partial charge in [-0.05, 0) is 42.7 Å². The van der Waals surface area contributed by atoms with Crippen molar-refractivity contribution in [1.82, 2.24) is 0 Å². The second kappa shape index (κ2) is 16.7. The summed E-state index contributed by atoms with van der Waals surface area (Å²) in [6, 6.07) is 39.8. The lowest BCUT2D eigenvalue weighted by Gasteiger charge is -2.47. The van der Waals surface area contributed by atoms with Crippen molar-refractivity contribution in [2.45, 2.75) is 80.4 Å². The van der Waals surface area contributed by atoms with Gasteiger partial charge in [-0.25, -0.2) is 4.57 Å². The molecule has 2 saturated heterocycles. The van der Waals surface area contributed by atoms with Crippen LogP contribution in [0.3, 0.4) is 0 Å². The Morgan fingerprint density at radius 3 is 1.79 bits per heavy atom. The smallest absolute Gasteiger partial charge is 0.374 e. The Labute approximate surface area is 287 Å². The summed E-state index contributed by atoms with van der Waals surface area (Å²) < 4.78 is 58.9. The fourth-order valence-electron chi connectivity index (χ4n) is 5.62. The third kappa shape index (κ3) is 9.88. The number of thioether (sulfide) groups is 1. The summed E-state index contributed by atoms with van der Waals surface area (Å²) in [7, 11) is -4.02. The predicted molar refractivity (Wildman–Crippen MR) is 185 cm³/mol. The molecule has 4 aromatic carbocycles. The molecule has 0 spiro atoms. The van der Waals surface area contributed by atoms with Crippen molar-refractivity contribution in [2.24, 2.45) is 0 Å². The van der Waals surface area contributed by atoms with Crippen LogP contribution in [0.5, 0.6) is 0 Å². The summed E-state index contributed by atoms with van der Waals surface area (Å²) in [6.45, 7) is 5.22. The van der Waals surface area contributed by atoms with Crippen LogP contribution in [0, 0.1) is 0 Å². The number of phosphoric acid groups is 1. The van der Waals surface area contributed by atoms with E-state index in [1.165, 1.54) is 11.8 Å². The van der Waals surface area contributed by atoms with E-state index in [4.69, 9.17) is 32.5 Å². The molecule has 0 aromatic heterocycles. The molecule has 10 heteroatoms. The molecular weight excluding hydrogens is 647 g/mol. The quantitative estimate of drug-likeness (QED) is 0.121. The summed E-state index contributed by atoms with van der Waals surface area (Å²) in [5.74, 6) is 0. The maximum absolute atomic E-state index is 14.2. The number of rotatable bonds is 14. The van der Waals surface area contributed by atoms with Crippen LogP contribution in [0.4, 0.5) is 0 Å². The Hall–Kier alpha value is -2.82. The lowest BCUT2D eigenvalue weighted by molar-refractivity contribution is -0.242.